The summed E-state index contributed by atoms with van der Waals surface area (Å²) in [5.41, 5.74) is 1.07. The first kappa shape index (κ1) is 19.8. The third kappa shape index (κ3) is 3.80. The molecule has 1 amide bonds. The van der Waals surface area contributed by atoms with E-state index < -0.39 is 5.60 Å². The average Bonchev–Trinajstić information content (AvgIpc) is 3.06. The SMILES string of the molecule is O=C1C(Cc2c(Cl)cccc2Cl)CCN1C1CCC(O)(c2ccccc2)CC1. The van der Waals surface area contributed by atoms with Gasteiger partial charge in [-0.3, -0.25) is 4.79 Å². The molecule has 4 rings (SSSR count). The summed E-state index contributed by atoms with van der Waals surface area (Å²) in [5, 5.41) is 12.3. The lowest BCUT2D eigenvalue weighted by Gasteiger charge is -2.40. The van der Waals surface area contributed by atoms with Crippen molar-refractivity contribution in [1.82, 2.24) is 4.90 Å². The van der Waals surface area contributed by atoms with Crippen LogP contribution in [0.1, 0.15) is 43.2 Å². The number of hydrogen-bond donors (Lipinski definition) is 1. The summed E-state index contributed by atoms with van der Waals surface area (Å²) in [7, 11) is 0. The standard InChI is InChI=1S/C23H25Cl2NO2/c24-20-7-4-8-21(25)19(20)15-16-11-14-26(22(16)27)18-9-12-23(28,13-10-18)17-5-2-1-3-6-17/h1-8,16,18,28H,9-15H2. The van der Waals surface area contributed by atoms with E-state index in [9.17, 15) is 9.90 Å². The molecule has 1 saturated carbocycles. The van der Waals surface area contributed by atoms with Crippen LogP contribution in [0.25, 0.3) is 0 Å². The van der Waals surface area contributed by atoms with E-state index in [1.807, 2.05) is 53.4 Å². The van der Waals surface area contributed by atoms with E-state index >= 15 is 0 Å². The van der Waals surface area contributed by atoms with E-state index in [-0.39, 0.29) is 17.9 Å². The molecule has 1 atom stereocenters. The van der Waals surface area contributed by atoms with Crippen LogP contribution in [0.4, 0.5) is 0 Å². The molecule has 1 unspecified atom stereocenters. The number of benzene rings is 2. The second kappa shape index (κ2) is 8.06. The van der Waals surface area contributed by atoms with E-state index in [0.717, 1.165) is 36.9 Å². The van der Waals surface area contributed by atoms with E-state index in [0.29, 0.717) is 29.3 Å². The number of rotatable bonds is 4. The first-order valence-corrected chi connectivity index (χ1v) is 10.7. The van der Waals surface area contributed by atoms with Gasteiger partial charge in [0.15, 0.2) is 0 Å². The Kier molecular flexibility index (Phi) is 5.69. The third-order valence-electron chi connectivity index (χ3n) is 6.40. The average molecular weight is 418 g/mol. The van der Waals surface area contributed by atoms with Crippen LogP contribution in [-0.2, 0) is 16.8 Å². The van der Waals surface area contributed by atoms with Gasteiger partial charge in [0.05, 0.1) is 5.60 Å². The van der Waals surface area contributed by atoms with Gasteiger partial charge in [-0.05, 0) is 61.8 Å². The summed E-state index contributed by atoms with van der Waals surface area (Å²) in [5.74, 6) is 0.137. The number of carbonyl (C=O) groups is 1. The van der Waals surface area contributed by atoms with Gasteiger partial charge in [0.2, 0.25) is 5.91 Å². The molecule has 1 N–H and O–H groups in total. The lowest BCUT2D eigenvalue weighted by atomic mass is 9.77. The van der Waals surface area contributed by atoms with Crippen molar-refractivity contribution in [2.75, 3.05) is 6.54 Å². The van der Waals surface area contributed by atoms with Crippen LogP contribution in [-0.4, -0.2) is 28.5 Å². The lowest BCUT2D eigenvalue weighted by Crippen LogP contribution is -2.43. The minimum absolute atomic E-state index is 0.0627. The highest BCUT2D eigenvalue weighted by Crippen LogP contribution is 2.40. The number of carbonyl (C=O) groups excluding carboxylic acids is 1. The Bertz CT molecular complexity index is 827. The van der Waals surface area contributed by atoms with Crippen molar-refractivity contribution in [2.24, 2.45) is 5.92 Å². The zero-order valence-corrected chi connectivity index (χ0v) is 17.3. The molecule has 1 heterocycles. The van der Waals surface area contributed by atoms with Crippen LogP contribution in [0.3, 0.4) is 0 Å². The molecule has 2 aliphatic rings. The van der Waals surface area contributed by atoms with Crippen LogP contribution in [0, 0.1) is 5.92 Å². The summed E-state index contributed by atoms with van der Waals surface area (Å²) in [6.45, 7) is 0.778. The number of likely N-dealkylation sites (tertiary alicyclic amines) is 1. The van der Waals surface area contributed by atoms with Crippen molar-refractivity contribution in [3.63, 3.8) is 0 Å². The predicted molar refractivity (Wildman–Crippen MR) is 113 cm³/mol. The summed E-state index contributed by atoms with van der Waals surface area (Å²) >= 11 is 12.6. The maximum Gasteiger partial charge on any atom is 0.226 e. The van der Waals surface area contributed by atoms with Crippen molar-refractivity contribution in [1.29, 1.82) is 0 Å². The normalized spacial score (nSPS) is 28.0. The van der Waals surface area contributed by atoms with Gasteiger partial charge in [0.1, 0.15) is 0 Å². The van der Waals surface area contributed by atoms with Crippen LogP contribution < -0.4 is 0 Å². The summed E-state index contributed by atoms with van der Waals surface area (Å²) < 4.78 is 0. The number of nitrogens with zero attached hydrogens (tertiary/aromatic N) is 1. The summed E-state index contributed by atoms with van der Waals surface area (Å²) in [4.78, 5) is 15.1. The quantitative estimate of drug-likeness (QED) is 0.740. The molecular formula is C23H25Cl2NO2. The third-order valence-corrected chi connectivity index (χ3v) is 7.11. The number of aliphatic hydroxyl groups is 1. The number of hydrogen-bond acceptors (Lipinski definition) is 2. The topological polar surface area (TPSA) is 40.5 Å². The van der Waals surface area contributed by atoms with Gasteiger partial charge in [-0.1, -0.05) is 59.6 Å². The van der Waals surface area contributed by atoms with E-state index in [2.05, 4.69) is 0 Å². The Labute approximate surface area is 176 Å². The largest absolute Gasteiger partial charge is 0.385 e. The molecule has 5 heteroatoms. The number of amides is 1. The molecule has 0 radical (unpaired) electrons. The smallest absolute Gasteiger partial charge is 0.226 e. The van der Waals surface area contributed by atoms with Crippen molar-refractivity contribution < 1.29 is 9.90 Å². The Balaban J connectivity index is 1.40. The molecule has 148 valence electrons. The molecule has 2 fully saturated rings. The maximum atomic E-state index is 13.0. The second-order valence-corrected chi connectivity index (χ2v) is 8.86. The fraction of sp³-hybridized carbons (Fsp3) is 0.435. The highest BCUT2D eigenvalue weighted by atomic mass is 35.5. The summed E-state index contributed by atoms with van der Waals surface area (Å²) in [6, 6.07) is 15.6. The molecule has 1 aliphatic heterocycles. The number of halogens is 2. The zero-order chi connectivity index (χ0) is 19.7. The molecule has 2 aromatic rings. The molecule has 3 nitrogen and oxygen atoms in total. The van der Waals surface area contributed by atoms with Crippen molar-refractivity contribution in [2.45, 2.75) is 50.2 Å². The van der Waals surface area contributed by atoms with Crippen molar-refractivity contribution in [3.05, 3.63) is 69.7 Å². The zero-order valence-electron chi connectivity index (χ0n) is 15.8. The Morgan fingerprint density at radius 3 is 2.25 bits per heavy atom. The maximum absolute atomic E-state index is 13.0. The van der Waals surface area contributed by atoms with E-state index in [4.69, 9.17) is 23.2 Å². The summed E-state index contributed by atoms with van der Waals surface area (Å²) in [6.07, 6.45) is 4.46. The van der Waals surface area contributed by atoms with Gasteiger partial charge in [-0.15, -0.1) is 0 Å². The van der Waals surface area contributed by atoms with Crippen LogP contribution >= 0.6 is 23.2 Å². The lowest BCUT2D eigenvalue weighted by molar-refractivity contribution is -0.134. The van der Waals surface area contributed by atoms with Crippen molar-refractivity contribution >= 4 is 29.1 Å². The van der Waals surface area contributed by atoms with Crippen LogP contribution in [0.5, 0.6) is 0 Å². The minimum atomic E-state index is -0.773. The van der Waals surface area contributed by atoms with Gasteiger partial charge in [-0.2, -0.15) is 0 Å². The van der Waals surface area contributed by atoms with Gasteiger partial charge >= 0.3 is 0 Å². The second-order valence-electron chi connectivity index (χ2n) is 8.05. The highest BCUT2D eigenvalue weighted by molar-refractivity contribution is 6.36. The first-order chi connectivity index (χ1) is 13.5. The molecule has 0 aromatic heterocycles. The highest BCUT2D eigenvalue weighted by Gasteiger charge is 2.41. The first-order valence-electron chi connectivity index (χ1n) is 9.99. The van der Waals surface area contributed by atoms with Crippen LogP contribution in [0.15, 0.2) is 48.5 Å². The Morgan fingerprint density at radius 1 is 0.964 bits per heavy atom. The molecule has 1 aliphatic carbocycles. The molecule has 0 bridgehead atoms. The Hall–Kier alpha value is -1.55. The monoisotopic (exact) mass is 417 g/mol. The van der Waals surface area contributed by atoms with Crippen molar-refractivity contribution in [3.8, 4) is 0 Å². The van der Waals surface area contributed by atoms with E-state index in [1.165, 1.54) is 0 Å². The van der Waals surface area contributed by atoms with Gasteiger partial charge in [0.25, 0.3) is 0 Å². The molecular weight excluding hydrogens is 393 g/mol. The molecule has 2 aromatic carbocycles. The fourth-order valence-electron chi connectivity index (χ4n) is 4.72. The molecule has 0 spiro atoms. The van der Waals surface area contributed by atoms with E-state index in [1.54, 1.807) is 0 Å². The predicted octanol–water partition coefficient (Wildman–Crippen LogP) is 5.21. The Morgan fingerprint density at radius 2 is 1.61 bits per heavy atom. The minimum Gasteiger partial charge on any atom is -0.385 e. The molecule has 1 saturated heterocycles. The van der Waals surface area contributed by atoms with Gasteiger partial charge in [-0.25, -0.2) is 0 Å². The van der Waals surface area contributed by atoms with Gasteiger partial charge < -0.3 is 10.0 Å². The fourth-order valence-corrected chi connectivity index (χ4v) is 5.27. The molecule has 28 heavy (non-hydrogen) atoms. The van der Waals surface area contributed by atoms with Crippen LogP contribution in [0.2, 0.25) is 10.0 Å². The van der Waals surface area contributed by atoms with Gasteiger partial charge in [0, 0.05) is 28.5 Å².